The maximum Gasteiger partial charge on any atom is 0.286 e. The summed E-state index contributed by atoms with van der Waals surface area (Å²) < 4.78 is 4.96. The van der Waals surface area contributed by atoms with Gasteiger partial charge in [0.25, 0.3) is 5.91 Å². The maximum absolute atomic E-state index is 11.8. The smallest absolute Gasteiger partial charge is 0.286 e. The van der Waals surface area contributed by atoms with E-state index in [1.54, 1.807) is 12.1 Å². The first kappa shape index (κ1) is 17.5. The number of amides is 2. The molecule has 1 heterocycles. The lowest BCUT2D eigenvalue weighted by atomic mass is 10.0. The molecule has 0 spiro atoms. The molecule has 1 aromatic heterocycles. The molecule has 0 saturated heterocycles. The zero-order valence-corrected chi connectivity index (χ0v) is 12.7. The average molecular weight is 316 g/mol. The van der Waals surface area contributed by atoms with E-state index in [-0.39, 0.29) is 42.4 Å². The van der Waals surface area contributed by atoms with Gasteiger partial charge in [-0.1, -0.05) is 6.42 Å². The Morgan fingerprint density at radius 3 is 2.86 bits per heavy atom. The third-order valence-corrected chi connectivity index (χ3v) is 3.69. The summed E-state index contributed by atoms with van der Waals surface area (Å²) in [7, 11) is 0. The van der Waals surface area contributed by atoms with Crippen molar-refractivity contribution in [1.29, 1.82) is 0 Å². The van der Waals surface area contributed by atoms with E-state index >= 15 is 0 Å². The van der Waals surface area contributed by atoms with Gasteiger partial charge in [-0.15, -0.1) is 12.4 Å². The Labute approximate surface area is 130 Å². The van der Waals surface area contributed by atoms with Crippen molar-refractivity contribution in [3.63, 3.8) is 0 Å². The van der Waals surface area contributed by atoms with Gasteiger partial charge in [0.1, 0.15) is 0 Å². The van der Waals surface area contributed by atoms with Crippen LogP contribution in [0.2, 0.25) is 0 Å². The Hall–Kier alpha value is -1.53. The number of furan rings is 1. The summed E-state index contributed by atoms with van der Waals surface area (Å²) in [6.45, 7) is 0.908. The second-order valence-corrected chi connectivity index (χ2v) is 5.08. The molecule has 2 amide bonds. The van der Waals surface area contributed by atoms with Gasteiger partial charge in [0, 0.05) is 19.0 Å². The van der Waals surface area contributed by atoms with Crippen LogP contribution in [0.1, 0.15) is 36.2 Å². The van der Waals surface area contributed by atoms with Crippen LogP contribution in [0.25, 0.3) is 0 Å². The van der Waals surface area contributed by atoms with Crippen LogP contribution >= 0.6 is 12.4 Å². The number of carbonyl (C=O) groups excluding carboxylic acids is 2. The molecule has 0 aliphatic heterocycles. The van der Waals surface area contributed by atoms with Crippen molar-refractivity contribution in [2.24, 2.45) is 11.7 Å². The highest BCUT2D eigenvalue weighted by Crippen LogP contribution is 2.24. The molecule has 0 bridgehead atoms. The number of carbonyl (C=O) groups is 2. The molecule has 4 N–H and O–H groups in total. The second kappa shape index (κ2) is 8.69. The van der Waals surface area contributed by atoms with E-state index < -0.39 is 0 Å². The van der Waals surface area contributed by atoms with Gasteiger partial charge in [-0.2, -0.15) is 0 Å². The Morgan fingerprint density at radius 1 is 1.38 bits per heavy atom. The first-order valence-electron chi connectivity index (χ1n) is 7.02. The van der Waals surface area contributed by atoms with E-state index in [0.717, 1.165) is 19.3 Å². The molecule has 2 unspecified atom stereocenters. The summed E-state index contributed by atoms with van der Waals surface area (Å²) in [6, 6.07) is 3.42. The van der Waals surface area contributed by atoms with Gasteiger partial charge in [-0.3, -0.25) is 9.59 Å². The lowest BCUT2D eigenvalue weighted by Crippen LogP contribution is -2.41. The third-order valence-electron chi connectivity index (χ3n) is 3.69. The van der Waals surface area contributed by atoms with Gasteiger partial charge >= 0.3 is 0 Å². The normalized spacial score (nSPS) is 20.6. The van der Waals surface area contributed by atoms with E-state index in [4.69, 9.17) is 10.2 Å². The summed E-state index contributed by atoms with van der Waals surface area (Å²) in [5.41, 5.74) is 5.68. The molecule has 118 valence electrons. The van der Waals surface area contributed by atoms with Crippen molar-refractivity contribution in [3.05, 3.63) is 24.2 Å². The first-order valence-corrected chi connectivity index (χ1v) is 7.02. The number of rotatable bonds is 6. The Bertz CT molecular complexity index is 450. The molecule has 1 aliphatic rings. The fourth-order valence-corrected chi connectivity index (χ4v) is 2.57. The molecule has 1 saturated carbocycles. The topological polar surface area (TPSA) is 97.4 Å². The fourth-order valence-electron chi connectivity index (χ4n) is 2.57. The number of nitrogens with two attached hydrogens (primary N) is 1. The zero-order chi connectivity index (χ0) is 14.4. The van der Waals surface area contributed by atoms with Crippen LogP contribution in [-0.2, 0) is 4.79 Å². The van der Waals surface area contributed by atoms with Crippen LogP contribution in [0.5, 0.6) is 0 Å². The van der Waals surface area contributed by atoms with Crippen molar-refractivity contribution < 1.29 is 14.0 Å². The van der Waals surface area contributed by atoms with Gasteiger partial charge in [-0.25, -0.2) is 0 Å². The quantitative estimate of drug-likeness (QED) is 0.731. The number of halogens is 1. The van der Waals surface area contributed by atoms with Gasteiger partial charge in [-0.05, 0) is 37.4 Å². The predicted molar refractivity (Wildman–Crippen MR) is 81.2 cm³/mol. The molecule has 2 rings (SSSR count). The van der Waals surface area contributed by atoms with Gasteiger partial charge in [0.05, 0.1) is 6.26 Å². The highest BCUT2D eigenvalue weighted by atomic mass is 35.5. The van der Waals surface area contributed by atoms with Crippen molar-refractivity contribution in [1.82, 2.24) is 10.6 Å². The van der Waals surface area contributed by atoms with E-state index in [0.29, 0.717) is 19.0 Å². The molecular formula is C14H22ClN3O3. The van der Waals surface area contributed by atoms with Crippen molar-refractivity contribution in [2.45, 2.75) is 31.7 Å². The number of nitrogens with one attached hydrogen (secondary N) is 2. The lowest BCUT2D eigenvalue weighted by Gasteiger charge is -2.19. The number of hydrogen-bond acceptors (Lipinski definition) is 4. The van der Waals surface area contributed by atoms with Crippen LogP contribution in [0.4, 0.5) is 0 Å². The Balaban J connectivity index is 0.00000220. The monoisotopic (exact) mass is 315 g/mol. The predicted octanol–water partition coefficient (Wildman–Crippen LogP) is 1.06. The van der Waals surface area contributed by atoms with Crippen LogP contribution in [0.15, 0.2) is 22.8 Å². The molecule has 6 nitrogen and oxygen atoms in total. The average Bonchev–Trinajstić information content (AvgIpc) is 3.09. The standard InChI is InChI=1S/C14H21N3O3.ClH/c15-9-10-3-1-4-11(10)17-13(18)6-7-16-14(19)12-5-2-8-20-12;/h2,5,8,10-11H,1,3-4,6-7,9,15H2,(H,16,19)(H,17,18);1H. The zero-order valence-electron chi connectivity index (χ0n) is 11.8. The Morgan fingerprint density at radius 2 is 2.19 bits per heavy atom. The molecule has 1 aliphatic carbocycles. The molecule has 1 aromatic rings. The first-order chi connectivity index (χ1) is 9.70. The molecular weight excluding hydrogens is 294 g/mol. The maximum atomic E-state index is 11.8. The second-order valence-electron chi connectivity index (χ2n) is 5.08. The van der Waals surface area contributed by atoms with Crippen molar-refractivity contribution in [3.8, 4) is 0 Å². The highest BCUT2D eigenvalue weighted by molar-refractivity contribution is 5.91. The van der Waals surface area contributed by atoms with Gasteiger partial charge in [0.15, 0.2) is 5.76 Å². The van der Waals surface area contributed by atoms with E-state index in [1.165, 1.54) is 6.26 Å². The van der Waals surface area contributed by atoms with Crippen LogP contribution in [0.3, 0.4) is 0 Å². The fraction of sp³-hybridized carbons (Fsp3) is 0.571. The minimum atomic E-state index is -0.302. The molecule has 21 heavy (non-hydrogen) atoms. The summed E-state index contributed by atoms with van der Waals surface area (Å²) in [4.78, 5) is 23.4. The van der Waals surface area contributed by atoms with Gasteiger partial charge < -0.3 is 20.8 Å². The van der Waals surface area contributed by atoms with Crippen LogP contribution in [0, 0.1) is 5.92 Å². The van der Waals surface area contributed by atoms with Gasteiger partial charge in [0.2, 0.25) is 5.91 Å². The van der Waals surface area contributed by atoms with E-state index in [9.17, 15) is 9.59 Å². The highest BCUT2D eigenvalue weighted by Gasteiger charge is 2.27. The molecule has 1 fully saturated rings. The molecule has 7 heteroatoms. The van der Waals surface area contributed by atoms with Crippen LogP contribution < -0.4 is 16.4 Å². The van der Waals surface area contributed by atoms with Crippen molar-refractivity contribution >= 4 is 24.2 Å². The van der Waals surface area contributed by atoms with Crippen molar-refractivity contribution in [2.75, 3.05) is 13.1 Å². The Kier molecular flexibility index (Phi) is 7.25. The third kappa shape index (κ3) is 5.06. The summed E-state index contributed by atoms with van der Waals surface area (Å²) in [6.07, 6.45) is 4.89. The SMILES string of the molecule is Cl.NCC1CCCC1NC(=O)CCNC(=O)c1ccco1. The number of hydrogen-bond donors (Lipinski definition) is 3. The molecule has 0 aromatic carbocycles. The molecule has 0 radical (unpaired) electrons. The molecule has 2 atom stereocenters. The summed E-state index contributed by atoms with van der Waals surface area (Å²) in [5, 5.41) is 5.64. The van der Waals surface area contributed by atoms with E-state index in [2.05, 4.69) is 10.6 Å². The van der Waals surface area contributed by atoms with Crippen LogP contribution in [-0.4, -0.2) is 30.9 Å². The summed E-state index contributed by atoms with van der Waals surface area (Å²) >= 11 is 0. The lowest BCUT2D eigenvalue weighted by molar-refractivity contribution is -0.121. The van der Waals surface area contributed by atoms with E-state index in [1.807, 2.05) is 0 Å². The minimum absolute atomic E-state index is 0. The minimum Gasteiger partial charge on any atom is -0.459 e. The largest absolute Gasteiger partial charge is 0.459 e. The summed E-state index contributed by atoms with van der Waals surface area (Å²) in [5.74, 6) is 0.291.